The molecule has 1 N–H and O–H groups in total. The molecular weight excluding hydrogens is 234 g/mol. The maximum Gasteiger partial charge on any atom is 0.309 e. The normalized spacial score (nSPS) is 10.5. The van der Waals surface area contributed by atoms with Crippen molar-refractivity contribution in [2.24, 2.45) is 0 Å². The minimum atomic E-state index is -0.842. The van der Waals surface area contributed by atoms with E-state index in [1.165, 1.54) is 0 Å². The lowest BCUT2D eigenvalue weighted by Crippen LogP contribution is -2.01. The van der Waals surface area contributed by atoms with E-state index in [-0.39, 0.29) is 6.42 Å². The van der Waals surface area contributed by atoms with Crippen molar-refractivity contribution >= 4 is 17.3 Å². The molecule has 2 rings (SSSR count). The quantitative estimate of drug-likeness (QED) is 0.906. The number of aromatic nitrogens is 1. The number of hydrogen-bond donors (Lipinski definition) is 1. The van der Waals surface area contributed by atoms with Crippen LogP contribution in [-0.4, -0.2) is 16.1 Å². The van der Waals surface area contributed by atoms with Crippen LogP contribution in [0.5, 0.6) is 0 Å². The number of rotatable bonds is 3. The zero-order valence-electron chi connectivity index (χ0n) is 9.73. The molecule has 0 saturated carbocycles. The molecule has 0 unspecified atom stereocenters. The van der Waals surface area contributed by atoms with E-state index in [2.05, 4.69) is 4.98 Å². The van der Waals surface area contributed by atoms with Crippen molar-refractivity contribution in [3.05, 3.63) is 40.5 Å². The van der Waals surface area contributed by atoms with Gasteiger partial charge in [-0.3, -0.25) is 4.79 Å². The minimum absolute atomic E-state index is 0.0198. The van der Waals surface area contributed by atoms with Crippen molar-refractivity contribution in [2.45, 2.75) is 20.3 Å². The van der Waals surface area contributed by atoms with Crippen LogP contribution in [0.4, 0.5) is 0 Å². The van der Waals surface area contributed by atoms with E-state index in [0.29, 0.717) is 5.69 Å². The molecule has 0 amide bonds. The van der Waals surface area contributed by atoms with Gasteiger partial charge in [0.2, 0.25) is 0 Å². The molecule has 0 aliphatic carbocycles. The van der Waals surface area contributed by atoms with E-state index in [1.54, 1.807) is 11.3 Å². The van der Waals surface area contributed by atoms with Crippen molar-refractivity contribution in [2.75, 3.05) is 0 Å². The first kappa shape index (κ1) is 11.8. The summed E-state index contributed by atoms with van der Waals surface area (Å²) in [6.45, 7) is 3.92. The molecule has 1 heterocycles. The van der Waals surface area contributed by atoms with Crippen LogP contribution < -0.4 is 0 Å². The van der Waals surface area contributed by atoms with Gasteiger partial charge >= 0.3 is 5.97 Å². The Labute approximate surface area is 104 Å². The van der Waals surface area contributed by atoms with E-state index in [4.69, 9.17) is 5.11 Å². The van der Waals surface area contributed by atoms with Gasteiger partial charge in [-0.1, -0.05) is 24.3 Å². The summed E-state index contributed by atoms with van der Waals surface area (Å²) < 4.78 is 0. The van der Waals surface area contributed by atoms with E-state index in [9.17, 15) is 4.79 Å². The highest BCUT2D eigenvalue weighted by Gasteiger charge is 2.15. The smallest absolute Gasteiger partial charge is 0.309 e. The lowest BCUT2D eigenvalue weighted by molar-refractivity contribution is -0.136. The molecular formula is C13H13NO2S. The van der Waals surface area contributed by atoms with Crippen LogP contribution >= 0.6 is 11.3 Å². The summed E-state index contributed by atoms with van der Waals surface area (Å²) in [7, 11) is 0. The number of benzene rings is 1. The zero-order chi connectivity index (χ0) is 12.4. The van der Waals surface area contributed by atoms with Gasteiger partial charge in [-0.05, 0) is 25.0 Å². The zero-order valence-corrected chi connectivity index (χ0v) is 10.5. The van der Waals surface area contributed by atoms with E-state index < -0.39 is 5.97 Å². The summed E-state index contributed by atoms with van der Waals surface area (Å²) in [5, 5.41) is 9.78. The summed E-state index contributed by atoms with van der Waals surface area (Å²) in [5.41, 5.74) is 2.88. The number of thiazole rings is 1. The van der Waals surface area contributed by atoms with Crippen LogP contribution in [0, 0.1) is 13.8 Å². The minimum Gasteiger partial charge on any atom is -0.481 e. The van der Waals surface area contributed by atoms with Gasteiger partial charge in [-0.2, -0.15) is 0 Å². The van der Waals surface area contributed by atoms with Gasteiger partial charge in [-0.25, -0.2) is 4.98 Å². The van der Waals surface area contributed by atoms with E-state index in [0.717, 1.165) is 21.0 Å². The molecule has 0 radical (unpaired) electrons. The summed E-state index contributed by atoms with van der Waals surface area (Å²) in [4.78, 5) is 16.1. The van der Waals surface area contributed by atoms with Crippen LogP contribution in [0.15, 0.2) is 24.3 Å². The Kier molecular flexibility index (Phi) is 3.24. The molecule has 0 aliphatic heterocycles. The first-order valence-corrected chi connectivity index (χ1v) is 6.13. The summed E-state index contributed by atoms with van der Waals surface area (Å²) in [6, 6.07) is 7.97. The van der Waals surface area contributed by atoms with Gasteiger partial charge in [0.15, 0.2) is 0 Å². The third-order valence-corrected chi connectivity index (χ3v) is 3.56. The molecule has 88 valence electrons. The van der Waals surface area contributed by atoms with Gasteiger partial charge in [0.25, 0.3) is 0 Å². The second kappa shape index (κ2) is 4.67. The molecule has 4 heteroatoms. The first-order valence-electron chi connectivity index (χ1n) is 5.32. The van der Waals surface area contributed by atoms with Crippen LogP contribution in [0.3, 0.4) is 0 Å². The fraction of sp³-hybridized carbons (Fsp3) is 0.231. The fourth-order valence-corrected chi connectivity index (χ4v) is 2.80. The maximum atomic E-state index is 10.8. The van der Waals surface area contributed by atoms with Crippen molar-refractivity contribution in [1.29, 1.82) is 0 Å². The van der Waals surface area contributed by atoms with Crippen LogP contribution in [0.1, 0.15) is 16.3 Å². The summed E-state index contributed by atoms with van der Waals surface area (Å²) in [6.07, 6.45) is -0.0198. The molecule has 1 aromatic carbocycles. The molecule has 17 heavy (non-hydrogen) atoms. The predicted octanol–water partition coefficient (Wildman–Crippen LogP) is 3.05. The SMILES string of the molecule is Cc1nc(CC(=O)O)c(-c2ccccc2C)s1. The van der Waals surface area contributed by atoms with Gasteiger partial charge in [0, 0.05) is 0 Å². The molecule has 0 aliphatic rings. The van der Waals surface area contributed by atoms with Crippen molar-refractivity contribution in [3.63, 3.8) is 0 Å². The molecule has 1 aromatic heterocycles. The second-order valence-electron chi connectivity index (χ2n) is 3.89. The van der Waals surface area contributed by atoms with E-state index in [1.807, 2.05) is 38.1 Å². The molecule has 0 fully saturated rings. The van der Waals surface area contributed by atoms with Crippen molar-refractivity contribution in [1.82, 2.24) is 4.98 Å². The Bertz CT molecular complexity index is 560. The number of hydrogen-bond acceptors (Lipinski definition) is 3. The van der Waals surface area contributed by atoms with Gasteiger partial charge < -0.3 is 5.11 Å². The van der Waals surface area contributed by atoms with Gasteiger partial charge in [0.1, 0.15) is 0 Å². The summed E-state index contributed by atoms with van der Waals surface area (Å²) >= 11 is 1.55. The lowest BCUT2D eigenvalue weighted by atomic mass is 10.1. The van der Waals surface area contributed by atoms with Crippen LogP contribution in [0.2, 0.25) is 0 Å². The highest BCUT2D eigenvalue weighted by Crippen LogP contribution is 2.32. The number of aliphatic carboxylic acids is 1. The third-order valence-electron chi connectivity index (χ3n) is 2.51. The standard InChI is InChI=1S/C13H13NO2S/c1-8-5-3-4-6-10(8)13-11(7-12(15)16)14-9(2)17-13/h3-6H,7H2,1-2H3,(H,15,16). The lowest BCUT2D eigenvalue weighted by Gasteiger charge is -2.04. The van der Waals surface area contributed by atoms with Crippen molar-refractivity contribution in [3.8, 4) is 10.4 Å². The van der Waals surface area contributed by atoms with E-state index >= 15 is 0 Å². The highest BCUT2D eigenvalue weighted by molar-refractivity contribution is 7.15. The van der Waals surface area contributed by atoms with Gasteiger partial charge in [0.05, 0.1) is 22.0 Å². The first-order chi connectivity index (χ1) is 8.08. The third kappa shape index (κ3) is 2.53. The van der Waals surface area contributed by atoms with Crippen molar-refractivity contribution < 1.29 is 9.90 Å². The molecule has 2 aromatic rings. The Morgan fingerprint density at radius 1 is 1.35 bits per heavy atom. The average molecular weight is 247 g/mol. The average Bonchev–Trinajstić information content (AvgIpc) is 2.59. The molecule has 3 nitrogen and oxygen atoms in total. The Morgan fingerprint density at radius 2 is 2.06 bits per heavy atom. The molecule has 0 bridgehead atoms. The Hall–Kier alpha value is -1.68. The fourth-order valence-electron chi connectivity index (χ4n) is 1.77. The predicted molar refractivity (Wildman–Crippen MR) is 68.4 cm³/mol. The number of nitrogens with zero attached hydrogens (tertiary/aromatic N) is 1. The van der Waals surface area contributed by atoms with Crippen LogP contribution in [0.25, 0.3) is 10.4 Å². The molecule has 0 spiro atoms. The number of carboxylic acids is 1. The van der Waals surface area contributed by atoms with Crippen LogP contribution in [-0.2, 0) is 11.2 Å². The number of carbonyl (C=O) groups is 1. The maximum absolute atomic E-state index is 10.8. The monoisotopic (exact) mass is 247 g/mol. The molecule has 0 atom stereocenters. The topological polar surface area (TPSA) is 50.2 Å². The van der Waals surface area contributed by atoms with Gasteiger partial charge in [-0.15, -0.1) is 11.3 Å². The second-order valence-corrected chi connectivity index (χ2v) is 5.10. The number of aryl methyl sites for hydroxylation is 2. The number of carboxylic acid groups (broad SMARTS) is 1. The Balaban J connectivity index is 2.51. The largest absolute Gasteiger partial charge is 0.481 e. The Morgan fingerprint density at radius 3 is 2.71 bits per heavy atom. The summed E-state index contributed by atoms with van der Waals surface area (Å²) in [5.74, 6) is -0.842. The highest BCUT2D eigenvalue weighted by atomic mass is 32.1. The molecule has 0 saturated heterocycles.